The summed E-state index contributed by atoms with van der Waals surface area (Å²) in [5.41, 5.74) is 5.76. The first kappa shape index (κ1) is 21.0. The highest BCUT2D eigenvalue weighted by atomic mass is 35.5. The largest absolute Gasteiger partial charge is 0.354 e. The first-order valence-electron chi connectivity index (χ1n) is 11.1. The van der Waals surface area contributed by atoms with Crippen LogP contribution in [-0.4, -0.2) is 19.7 Å². The van der Waals surface area contributed by atoms with Crippen LogP contribution in [0.4, 0.5) is 0 Å². The van der Waals surface area contributed by atoms with Gasteiger partial charge in [-0.15, -0.1) is 10.2 Å². The highest BCUT2D eigenvalue weighted by molar-refractivity contribution is 7.98. The molecule has 2 aromatic heterocycles. The maximum atomic E-state index is 6.05. The zero-order chi connectivity index (χ0) is 22.9. The van der Waals surface area contributed by atoms with Crippen LogP contribution in [0.25, 0.3) is 27.5 Å². The van der Waals surface area contributed by atoms with E-state index < -0.39 is 0 Å². The summed E-state index contributed by atoms with van der Waals surface area (Å²) in [6.07, 6.45) is 0.674. The molecule has 4 aromatic carbocycles. The Morgan fingerprint density at radius 1 is 0.765 bits per heavy atom. The number of aromatic amines is 1. The van der Waals surface area contributed by atoms with Crippen LogP contribution in [0.3, 0.4) is 0 Å². The fourth-order valence-corrected chi connectivity index (χ4v) is 5.38. The molecule has 4 nitrogen and oxygen atoms in total. The average Bonchev–Trinajstić information content (AvgIpc) is 3.46. The molecule has 1 N–H and O–H groups in total. The second-order valence-electron chi connectivity index (χ2n) is 8.17. The van der Waals surface area contributed by atoms with Crippen molar-refractivity contribution in [2.24, 2.45) is 0 Å². The molecule has 0 aliphatic rings. The van der Waals surface area contributed by atoms with Gasteiger partial charge in [0.1, 0.15) is 5.82 Å². The molecule has 0 aliphatic carbocycles. The van der Waals surface area contributed by atoms with Crippen molar-refractivity contribution < 1.29 is 0 Å². The SMILES string of the molecule is Clc1ccc(CSc2nnc(Cc3cccc4c3[nH]c3ccccc34)n2-c2ccccc2)cc1. The molecule has 166 valence electrons. The summed E-state index contributed by atoms with van der Waals surface area (Å²) in [7, 11) is 0. The quantitative estimate of drug-likeness (QED) is 0.252. The zero-order valence-electron chi connectivity index (χ0n) is 18.3. The minimum absolute atomic E-state index is 0.674. The van der Waals surface area contributed by atoms with E-state index in [-0.39, 0.29) is 0 Å². The fraction of sp³-hybridized carbons (Fsp3) is 0.0714. The Balaban J connectivity index is 1.39. The first-order valence-corrected chi connectivity index (χ1v) is 12.5. The standard InChI is InChI=1S/C28H21ClN4S/c29-21-15-13-19(14-16-21)18-34-28-32-31-26(33(28)22-8-2-1-3-9-22)17-20-7-6-11-24-23-10-4-5-12-25(23)30-27(20)24/h1-16,30H,17-18H2. The van der Waals surface area contributed by atoms with Crippen molar-refractivity contribution in [3.8, 4) is 5.69 Å². The van der Waals surface area contributed by atoms with E-state index in [9.17, 15) is 0 Å². The number of hydrogen-bond donors (Lipinski definition) is 1. The van der Waals surface area contributed by atoms with Gasteiger partial charge in [0.15, 0.2) is 5.16 Å². The normalized spacial score (nSPS) is 11.4. The third kappa shape index (κ3) is 3.98. The summed E-state index contributed by atoms with van der Waals surface area (Å²) in [6.45, 7) is 0. The predicted octanol–water partition coefficient (Wildman–Crippen LogP) is 7.44. The highest BCUT2D eigenvalue weighted by Gasteiger charge is 2.17. The molecule has 6 heteroatoms. The summed E-state index contributed by atoms with van der Waals surface area (Å²) in [6, 6.07) is 33.2. The van der Waals surface area contributed by atoms with Gasteiger partial charge in [0, 0.05) is 39.2 Å². The molecule has 0 spiro atoms. The number of fused-ring (bicyclic) bond motifs is 3. The van der Waals surface area contributed by atoms with Gasteiger partial charge in [0.25, 0.3) is 0 Å². The summed E-state index contributed by atoms with van der Waals surface area (Å²) in [5.74, 6) is 1.70. The predicted molar refractivity (Wildman–Crippen MR) is 141 cm³/mol. The van der Waals surface area contributed by atoms with E-state index >= 15 is 0 Å². The van der Waals surface area contributed by atoms with E-state index in [4.69, 9.17) is 11.6 Å². The molecule has 0 radical (unpaired) electrons. The number of hydrogen-bond acceptors (Lipinski definition) is 3. The molecule has 6 aromatic rings. The third-order valence-corrected chi connectivity index (χ3v) is 7.22. The van der Waals surface area contributed by atoms with Crippen molar-refractivity contribution in [1.29, 1.82) is 0 Å². The van der Waals surface area contributed by atoms with Crippen LogP contribution in [-0.2, 0) is 12.2 Å². The van der Waals surface area contributed by atoms with E-state index in [2.05, 4.69) is 86.5 Å². The van der Waals surface area contributed by atoms with Crippen molar-refractivity contribution in [3.05, 3.63) is 119 Å². The lowest BCUT2D eigenvalue weighted by Gasteiger charge is -2.11. The molecule has 0 amide bonds. The third-order valence-electron chi connectivity index (χ3n) is 5.97. The Labute approximate surface area is 206 Å². The molecule has 0 saturated carbocycles. The number of halogens is 1. The molecule has 0 unspecified atom stereocenters. The fourth-order valence-electron chi connectivity index (χ4n) is 4.32. The number of thioether (sulfide) groups is 1. The highest BCUT2D eigenvalue weighted by Crippen LogP contribution is 2.30. The number of nitrogens with zero attached hydrogens (tertiary/aromatic N) is 3. The van der Waals surface area contributed by atoms with Crippen molar-refractivity contribution in [3.63, 3.8) is 0 Å². The Hall–Kier alpha value is -3.54. The molecular formula is C28H21ClN4S. The van der Waals surface area contributed by atoms with Gasteiger partial charge < -0.3 is 4.98 Å². The zero-order valence-corrected chi connectivity index (χ0v) is 19.9. The van der Waals surface area contributed by atoms with E-state index in [0.717, 1.165) is 38.5 Å². The number of aromatic nitrogens is 4. The monoisotopic (exact) mass is 480 g/mol. The number of benzene rings is 4. The molecule has 0 aliphatic heterocycles. The summed E-state index contributed by atoms with van der Waals surface area (Å²) < 4.78 is 2.17. The van der Waals surface area contributed by atoms with Crippen LogP contribution in [0.2, 0.25) is 5.02 Å². The summed E-state index contributed by atoms with van der Waals surface area (Å²) in [4.78, 5) is 3.61. The smallest absolute Gasteiger partial charge is 0.196 e. The molecule has 0 bridgehead atoms. The molecule has 0 atom stereocenters. The Bertz CT molecular complexity index is 1590. The van der Waals surface area contributed by atoms with Crippen molar-refractivity contribution in [1.82, 2.24) is 19.7 Å². The Morgan fingerprint density at radius 3 is 2.38 bits per heavy atom. The number of rotatable bonds is 6. The van der Waals surface area contributed by atoms with E-state index in [1.54, 1.807) is 11.8 Å². The van der Waals surface area contributed by atoms with Crippen molar-refractivity contribution >= 4 is 45.2 Å². The van der Waals surface area contributed by atoms with Gasteiger partial charge in [-0.2, -0.15) is 0 Å². The van der Waals surface area contributed by atoms with Gasteiger partial charge in [-0.3, -0.25) is 4.57 Å². The maximum Gasteiger partial charge on any atom is 0.196 e. The van der Waals surface area contributed by atoms with Crippen LogP contribution < -0.4 is 0 Å². The van der Waals surface area contributed by atoms with Crippen molar-refractivity contribution in [2.75, 3.05) is 0 Å². The second-order valence-corrected chi connectivity index (χ2v) is 9.55. The van der Waals surface area contributed by atoms with Crippen LogP contribution in [0.15, 0.2) is 102 Å². The van der Waals surface area contributed by atoms with Gasteiger partial charge in [0.05, 0.1) is 5.52 Å². The molecule has 6 rings (SSSR count). The van der Waals surface area contributed by atoms with Crippen LogP contribution in [0, 0.1) is 0 Å². The summed E-state index contributed by atoms with van der Waals surface area (Å²) >= 11 is 7.72. The van der Waals surface area contributed by atoms with Gasteiger partial charge in [-0.05, 0) is 41.5 Å². The number of para-hydroxylation sites is 3. The topological polar surface area (TPSA) is 46.5 Å². The lowest BCUT2D eigenvalue weighted by molar-refractivity contribution is 0.849. The Kier molecular flexibility index (Phi) is 5.57. The maximum absolute atomic E-state index is 6.05. The Morgan fingerprint density at radius 2 is 1.53 bits per heavy atom. The first-order chi connectivity index (χ1) is 16.8. The van der Waals surface area contributed by atoms with E-state index in [1.165, 1.54) is 21.9 Å². The second kappa shape index (κ2) is 9.01. The molecular weight excluding hydrogens is 460 g/mol. The number of nitrogens with one attached hydrogen (secondary N) is 1. The minimum atomic E-state index is 0.674. The van der Waals surface area contributed by atoms with Crippen LogP contribution >= 0.6 is 23.4 Å². The van der Waals surface area contributed by atoms with Crippen LogP contribution in [0.5, 0.6) is 0 Å². The van der Waals surface area contributed by atoms with E-state index in [0.29, 0.717) is 6.42 Å². The average molecular weight is 481 g/mol. The molecule has 0 fully saturated rings. The van der Waals surface area contributed by atoms with Gasteiger partial charge in [-0.1, -0.05) is 90.1 Å². The van der Waals surface area contributed by atoms with Crippen LogP contribution in [0.1, 0.15) is 17.0 Å². The van der Waals surface area contributed by atoms with Gasteiger partial charge >= 0.3 is 0 Å². The molecule has 0 saturated heterocycles. The molecule has 2 heterocycles. The van der Waals surface area contributed by atoms with E-state index in [1.807, 2.05) is 30.3 Å². The molecule has 34 heavy (non-hydrogen) atoms. The van der Waals surface area contributed by atoms with Crippen molar-refractivity contribution in [2.45, 2.75) is 17.3 Å². The summed E-state index contributed by atoms with van der Waals surface area (Å²) in [5, 5.41) is 13.3. The minimum Gasteiger partial charge on any atom is -0.354 e. The van der Waals surface area contributed by atoms with Gasteiger partial charge in [0.2, 0.25) is 0 Å². The number of H-pyrrole nitrogens is 1. The van der Waals surface area contributed by atoms with Gasteiger partial charge in [-0.25, -0.2) is 0 Å². The lowest BCUT2D eigenvalue weighted by atomic mass is 10.1. The lowest BCUT2D eigenvalue weighted by Crippen LogP contribution is -2.04.